The van der Waals surface area contributed by atoms with Crippen LogP contribution in [0.25, 0.3) is 11.1 Å². The van der Waals surface area contributed by atoms with Crippen molar-refractivity contribution in [3.63, 3.8) is 0 Å². The van der Waals surface area contributed by atoms with Gasteiger partial charge in [-0.15, -0.1) is 0 Å². The average Bonchev–Trinajstić information content (AvgIpc) is 2.74. The first-order valence-corrected chi connectivity index (χ1v) is 7.57. The average molecular weight is 276 g/mol. The van der Waals surface area contributed by atoms with Crippen LogP contribution in [0.2, 0.25) is 0 Å². The fourth-order valence-corrected chi connectivity index (χ4v) is 2.66. The van der Waals surface area contributed by atoms with Crippen molar-refractivity contribution in [1.29, 1.82) is 0 Å². The molecule has 0 aliphatic carbocycles. The first-order valence-electron chi connectivity index (χ1n) is 7.57. The molecule has 0 bridgehead atoms. The Morgan fingerprint density at radius 2 is 2.05 bits per heavy atom. The number of nitrogens with one attached hydrogen (secondary N) is 1. The Kier molecular flexibility index (Phi) is 5.01. The SMILES string of the molecule is CCCC(NCC)c1ccc2c(c1)oc(=O)n2CCC. The van der Waals surface area contributed by atoms with Crippen molar-refractivity contribution in [2.45, 2.75) is 52.6 Å². The molecule has 0 amide bonds. The minimum atomic E-state index is -0.255. The highest BCUT2D eigenvalue weighted by molar-refractivity contribution is 5.73. The summed E-state index contributed by atoms with van der Waals surface area (Å²) in [6, 6.07) is 6.44. The number of aryl methyl sites for hydroxylation is 1. The van der Waals surface area contributed by atoms with Gasteiger partial charge in [-0.3, -0.25) is 4.57 Å². The molecular formula is C16H24N2O2. The standard InChI is InChI=1S/C16H24N2O2/c1-4-7-13(17-6-3)12-8-9-14-15(11-12)20-16(19)18(14)10-5-2/h8-9,11,13,17H,4-7,10H2,1-3H3. The third-order valence-electron chi connectivity index (χ3n) is 3.57. The molecule has 2 rings (SSSR count). The predicted octanol–water partition coefficient (Wildman–Crippen LogP) is 3.46. The van der Waals surface area contributed by atoms with Crippen molar-refractivity contribution >= 4 is 11.1 Å². The Bertz CT molecular complexity index is 606. The van der Waals surface area contributed by atoms with Crippen molar-refractivity contribution in [3.05, 3.63) is 34.3 Å². The van der Waals surface area contributed by atoms with E-state index in [0.717, 1.165) is 31.3 Å². The summed E-state index contributed by atoms with van der Waals surface area (Å²) in [5.74, 6) is -0.255. The second-order valence-electron chi connectivity index (χ2n) is 5.15. The maximum Gasteiger partial charge on any atom is 0.419 e. The molecule has 0 saturated carbocycles. The highest BCUT2D eigenvalue weighted by Crippen LogP contribution is 2.23. The van der Waals surface area contributed by atoms with Crippen molar-refractivity contribution < 1.29 is 4.42 Å². The smallest absolute Gasteiger partial charge is 0.408 e. The van der Waals surface area contributed by atoms with Crippen LogP contribution in [0.15, 0.2) is 27.4 Å². The summed E-state index contributed by atoms with van der Waals surface area (Å²) in [6.07, 6.45) is 3.13. The Hall–Kier alpha value is -1.55. The topological polar surface area (TPSA) is 47.2 Å². The molecule has 0 fully saturated rings. The monoisotopic (exact) mass is 276 g/mol. The van der Waals surface area contributed by atoms with Crippen LogP contribution in [0, 0.1) is 0 Å². The van der Waals surface area contributed by atoms with E-state index >= 15 is 0 Å². The molecular weight excluding hydrogens is 252 g/mol. The highest BCUT2D eigenvalue weighted by Gasteiger charge is 2.13. The zero-order valence-electron chi connectivity index (χ0n) is 12.6. The Morgan fingerprint density at radius 3 is 2.70 bits per heavy atom. The van der Waals surface area contributed by atoms with Crippen LogP contribution in [0.5, 0.6) is 0 Å². The van der Waals surface area contributed by atoms with Gasteiger partial charge in [-0.25, -0.2) is 4.79 Å². The van der Waals surface area contributed by atoms with Gasteiger partial charge in [0.25, 0.3) is 0 Å². The van der Waals surface area contributed by atoms with Crippen molar-refractivity contribution in [1.82, 2.24) is 9.88 Å². The predicted molar refractivity (Wildman–Crippen MR) is 82.1 cm³/mol. The van der Waals surface area contributed by atoms with Crippen molar-refractivity contribution in [3.8, 4) is 0 Å². The minimum absolute atomic E-state index is 0.255. The zero-order chi connectivity index (χ0) is 14.5. The molecule has 1 N–H and O–H groups in total. The quantitative estimate of drug-likeness (QED) is 0.842. The summed E-state index contributed by atoms with van der Waals surface area (Å²) in [7, 11) is 0. The summed E-state index contributed by atoms with van der Waals surface area (Å²) in [5, 5.41) is 3.48. The van der Waals surface area contributed by atoms with Gasteiger partial charge >= 0.3 is 5.76 Å². The van der Waals surface area contributed by atoms with Crippen LogP contribution >= 0.6 is 0 Å². The van der Waals surface area contributed by atoms with Crippen LogP contribution in [0.3, 0.4) is 0 Å². The van der Waals surface area contributed by atoms with Gasteiger partial charge in [-0.2, -0.15) is 0 Å². The van der Waals surface area contributed by atoms with Gasteiger partial charge in [0, 0.05) is 12.6 Å². The molecule has 1 atom stereocenters. The van der Waals surface area contributed by atoms with Crippen LogP contribution < -0.4 is 11.1 Å². The number of oxazole rings is 1. The number of hydrogen-bond donors (Lipinski definition) is 1. The third kappa shape index (κ3) is 2.96. The minimum Gasteiger partial charge on any atom is -0.408 e. The van der Waals surface area contributed by atoms with Gasteiger partial charge in [-0.1, -0.05) is 33.3 Å². The summed E-state index contributed by atoms with van der Waals surface area (Å²) in [5.41, 5.74) is 2.78. The molecule has 1 aromatic carbocycles. The summed E-state index contributed by atoms with van der Waals surface area (Å²) in [6.45, 7) is 7.99. The number of aromatic nitrogens is 1. The van der Waals surface area contributed by atoms with E-state index in [2.05, 4.69) is 32.2 Å². The van der Waals surface area contributed by atoms with E-state index in [9.17, 15) is 4.79 Å². The van der Waals surface area contributed by atoms with E-state index in [1.165, 1.54) is 5.56 Å². The molecule has 20 heavy (non-hydrogen) atoms. The molecule has 0 saturated heterocycles. The van der Waals surface area contributed by atoms with Gasteiger partial charge in [0.15, 0.2) is 5.58 Å². The summed E-state index contributed by atoms with van der Waals surface area (Å²) >= 11 is 0. The van der Waals surface area contributed by atoms with Crippen molar-refractivity contribution in [2.24, 2.45) is 0 Å². The summed E-state index contributed by atoms with van der Waals surface area (Å²) in [4.78, 5) is 11.8. The zero-order valence-corrected chi connectivity index (χ0v) is 12.6. The lowest BCUT2D eigenvalue weighted by atomic mass is 10.0. The third-order valence-corrected chi connectivity index (χ3v) is 3.57. The molecule has 4 nitrogen and oxygen atoms in total. The van der Waals surface area contributed by atoms with Gasteiger partial charge < -0.3 is 9.73 Å². The number of benzene rings is 1. The fraction of sp³-hybridized carbons (Fsp3) is 0.562. The molecule has 0 aliphatic heterocycles. The van der Waals surface area contributed by atoms with Gasteiger partial charge in [-0.05, 0) is 37.1 Å². The van der Waals surface area contributed by atoms with E-state index in [4.69, 9.17) is 4.42 Å². The number of hydrogen-bond acceptors (Lipinski definition) is 3. The second-order valence-corrected chi connectivity index (χ2v) is 5.15. The molecule has 1 heterocycles. The molecule has 4 heteroatoms. The van der Waals surface area contributed by atoms with Crippen molar-refractivity contribution in [2.75, 3.05) is 6.54 Å². The lowest BCUT2D eigenvalue weighted by Gasteiger charge is -2.17. The second kappa shape index (κ2) is 6.75. The first kappa shape index (κ1) is 14.9. The van der Waals surface area contributed by atoms with Crippen LogP contribution in [0.1, 0.15) is 51.6 Å². The number of fused-ring (bicyclic) bond motifs is 1. The van der Waals surface area contributed by atoms with Crippen LogP contribution in [-0.2, 0) is 6.54 Å². The van der Waals surface area contributed by atoms with Gasteiger partial charge in [0.2, 0.25) is 0 Å². The molecule has 0 spiro atoms. The largest absolute Gasteiger partial charge is 0.419 e. The number of nitrogens with zero attached hydrogens (tertiary/aromatic N) is 1. The van der Waals surface area contributed by atoms with Gasteiger partial charge in [0.1, 0.15) is 0 Å². The Labute approximate surface area is 119 Å². The molecule has 110 valence electrons. The highest BCUT2D eigenvalue weighted by atomic mass is 16.4. The maximum atomic E-state index is 11.8. The summed E-state index contributed by atoms with van der Waals surface area (Å²) < 4.78 is 7.09. The van der Waals surface area contributed by atoms with Gasteiger partial charge in [0.05, 0.1) is 5.52 Å². The molecule has 0 aliphatic rings. The lowest BCUT2D eigenvalue weighted by Crippen LogP contribution is -2.20. The number of rotatable bonds is 7. The van der Waals surface area contributed by atoms with Crippen LogP contribution in [-0.4, -0.2) is 11.1 Å². The maximum absolute atomic E-state index is 11.8. The normalized spacial score (nSPS) is 12.9. The Balaban J connectivity index is 2.40. The van der Waals surface area contributed by atoms with E-state index in [-0.39, 0.29) is 5.76 Å². The molecule has 2 aromatic rings. The van der Waals surface area contributed by atoms with E-state index in [1.807, 2.05) is 12.1 Å². The lowest BCUT2D eigenvalue weighted by molar-refractivity contribution is 0.497. The molecule has 0 radical (unpaired) electrons. The Morgan fingerprint density at radius 1 is 1.25 bits per heavy atom. The molecule has 1 aromatic heterocycles. The molecule has 1 unspecified atom stereocenters. The fourth-order valence-electron chi connectivity index (χ4n) is 2.66. The van der Waals surface area contributed by atoms with E-state index < -0.39 is 0 Å². The first-order chi connectivity index (χ1) is 9.71. The van der Waals surface area contributed by atoms with Crippen LogP contribution in [0.4, 0.5) is 0 Å². The van der Waals surface area contributed by atoms with E-state index in [1.54, 1.807) is 4.57 Å². The van der Waals surface area contributed by atoms with E-state index in [0.29, 0.717) is 18.2 Å².